The second-order valence-electron chi connectivity index (χ2n) is 7.18. The van der Waals surface area contributed by atoms with E-state index in [9.17, 15) is 13.2 Å². The van der Waals surface area contributed by atoms with Gasteiger partial charge in [0.15, 0.2) is 0 Å². The maximum Gasteiger partial charge on any atom is 0.243 e. The summed E-state index contributed by atoms with van der Waals surface area (Å²) in [7, 11) is -3.51. The third-order valence-electron chi connectivity index (χ3n) is 5.10. The normalized spacial score (nSPS) is 17.9. The van der Waals surface area contributed by atoms with Crippen molar-refractivity contribution in [2.45, 2.75) is 56.9 Å². The Hall–Kier alpha value is -1.15. The first-order valence-electron chi connectivity index (χ1n) is 9.39. The van der Waals surface area contributed by atoms with Gasteiger partial charge in [-0.3, -0.25) is 4.79 Å². The summed E-state index contributed by atoms with van der Waals surface area (Å²) in [5, 5.41) is 0. The molecule has 2 atom stereocenters. The lowest BCUT2D eigenvalue weighted by Crippen LogP contribution is -2.50. The Bertz CT molecular complexity index is 699. The molecule has 0 spiro atoms. The molecular weight excluding hydrogens is 386 g/mol. The van der Waals surface area contributed by atoms with Crippen LogP contribution in [0.25, 0.3) is 0 Å². The lowest BCUT2D eigenvalue weighted by molar-refractivity contribution is -0.132. The zero-order valence-corrected chi connectivity index (χ0v) is 18.1. The number of amides is 1. The van der Waals surface area contributed by atoms with E-state index >= 15 is 0 Å². The minimum atomic E-state index is -3.51. The summed E-state index contributed by atoms with van der Waals surface area (Å²) in [5.41, 5.74) is 6.84. The molecule has 1 amide bonds. The topological polar surface area (TPSA) is 83.7 Å². The molecule has 2 N–H and O–H groups in total. The fourth-order valence-corrected chi connectivity index (χ4v) is 4.46. The van der Waals surface area contributed by atoms with Gasteiger partial charge in [0, 0.05) is 38.6 Å². The van der Waals surface area contributed by atoms with Gasteiger partial charge in [-0.2, -0.15) is 4.31 Å². The maximum atomic E-state index is 12.8. The van der Waals surface area contributed by atoms with E-state index < -0.39 is 10.0 Å². The largest absolute Gasteiger partial charge is 0.340 e. The van der Waals surface area contributed by atoms with Gasteiger partial charge in [-0.15, -0.1) is 12.4 Å². The number of hydrogen-bond donors (Lipinski definition) is 1. The van der Waals surface area contributed by atoms with Gasteiger partial charge in [0.1, 0.15) is 0 Å². The summed E-state index contributed by atoms with van der Waals surface area (Å²) in [6.45, 7) is 7.66. The SMILES string of the molecule is CCC(C)c1ccc(S(=O)(=O)N2CCN(C(=O)CCC(C)N)CC2)cc1.Cl. The molecule has 1 saturated heterocycles. The number of rotatable bonds is 7. The summed E-state index contributed by atoms with van der Waals surface area (Å²) in [6.07, 6.45) is 2.09. The molecule has 6 nitrogen and oxygen atoms in total. The molecule has 1 aromatic carbocycles. The molecule has 0 aliphatic carbocycles. The summed E-state index contributed by atoms with van der Waals surface area (Å²) < 4.78 is 27.1. The Balaban J connectivity index is 0.00000364. The van der Waals surface area contributed by atoms with Crippen molar-refractivity contribution < 1.29 is 13.2 Å². The number of halogens is 1. The Labute approximate surface area is 169 Å². The number of carbonyl (C=O) groups excluding carboxylic acids is 1. The van der Waals surface area contributed by atoms with Gasteiger partial charge in [0.05, 0.1) is 4.90 Å². The monoisotopic (exact) mass is 417 g/mol. The highest BCUT2D eigenvalue weighted by Crippen LogP contribution is 2.23. The van der Waals surface area contributed by atoms with Crippen LogP contribution in [-0.4, -0.2) is 55.8 Å². The minimum absolute atomic E-state index is 0. The summed E-state index contributed by atoms with van der Waals surface area (Å²) in [5.74, 6) is 0.467. The average molecular weight is 418 g/mol. The standard InChI is InChI=1S/C19H31N3O3S.ClH/c1-4-15(2)17-6-8-18(9-7-17)26(24,25)22-13-11-21(12-14-22)19(23)10-5-16(3)20;/h6-9,15-16H,4-5,10-14,20H2,1-3H3;1H. The third kappa shape index (κ3) is 6.17. The number of sulfonamides is 1. The molecule has 1 aromatic rings. The summed E-state index contributed by atoms with van der Waals surface area (Å²) >= 11 is 0. The van der Waals surface area contributed by atoms with Crippen LogP contribution in [0.5, 0.6) is 0 Å². The molecule has 0 saturated carbocycles. The summed E-state index contributed by atoms with van der Waals surface area (Å²) in [6, 6.07) is 7.18. The van der Waals surface area contributed by atoms with Crippen molar-refractivity contribution in [3.63, 3.8) is 0 Å². The lowest BCUT2D eigenvalue weighted by atomic mass is 9.99. The van der Waals surface area contributed by atoms with Gasteiger partial charge >= 0.3 is 0 Å². The highest BCUT2D eigenvalue weighted by Gasteiger charge is 2.30. The van der Waals surface area contributed by atoms with E-state index in [0.717, 1.165) is 12.0 Å². The lowest BCUT2D eigenvalue weighted by Gasteiger charge is -2.34. The second kappa shape index (κ2) is 10.4. The zero-order chi connectivity index (χ0) is 19.3. The third-order valence-corrected chi connectivity index (χ3v) is 7.02. The van der Waals surface area contributed by atoms with Crippen LogP contribution >= 0.6 is 12.4 Å². The first kappa shape index (κ1) is 23.9. The first-order chi connectivity index (χ1) is 12.3. The van der Waals surface area contributed by atoms with Crippen molar-refractivity contribution >= 4 is 28.3 Å². The van der Waals surface area contributed by atoms with E-state index in [-0.39, 0.29) is 24.4 Å². The van der Waals surface area contributed by atoms with Crippen molar-refractivity contribution in [1.82, 2.24) is 9.21 Å². The van der Waals surface area contributed by atoms with Crippen molar-refractivity contribution in [3.05, 3.63) is 29.8 Å². The Morgan fingerprint density at radius 3 is 2.15 bits per heavy atom. The Kier molecular flexibility index (Phi) is 9.21. The smallest absolute Gasteiger partial charge is 0.243 e. The van der Waals surface area contributed by atoms with E-state index in [4.69, 9.17) is 5.73 Å². The van der Waals surface area contributed by atoms with E-state index in [1.54, 1.807) is 17.0 Å². The van der Waals surface area contributed by atoms with Crippen molar-refractivity contribution in [2.75, 3.05) is 26.2 Å². The second-order valence-corrected chi connectivity index (χ2v) is 9.12. The van der Waals surface area contributed by atoms with Gasteiger partial charge in [-0.1, -0.05) is 26.0 Å². The number of benzene rings is 1. The molecule has 0 aromatic heterocycles. The fourth-order valence-electron chi connectivity index (χ4n) is 3.04. The predicted octanol–water partition coefficient (Wildman–Crippen LogP) is 2.58. The number of nitrogens with zero attached hydrogens (tertiary/aromatic N) is 2. The van der Waals surface area contributed by atoms with Crippen molar-refractivity contribution in [3.8, 4) is 0 Å². The number of carbonyl (C=O) groups is 1. The molecule has 1 heterocycles. The molecule has 2 rings (SSSR count). The van der Waals surface area contributed by atoms with Crippen LogP contribution in [0.15, 0.2) is 29.2 Å². The van der Waals surface area contributed by atoms with E-state index in [2.05, 4.69) is 13.8 Å². The van der Waals surface area contributed by atoms with Crippen LogP contribution in [0.3, 0.4) is 0 Å². The van der Waals surface area contributed by atoms with Crippen LogP contribution in [0.2, 0.25) is 0 Å². The molecule has 1 aliphatic heterocycles. The van der Waals surface area contributed by atoms with E-state index in [0.29, 0.717) is 49.8 Å². The first-order valence-corrected chi connectivity index (χ1v) is 10.8. The van der Waals surface area contributed by atoms with Gasteiger partial charge in [-0.05, 0) is 43.4 Å². The van der Waals surface area contributed by atoms with Crippen LogP contribution in [0.1, 0.15) is 51.5 Å². The number of nitrogens with two attached hydrogens (primary N) is 1. The fraction of sp³-hybridized carbons (Fsp3) is 0.632. The highest BCUT2D eigenvalue weighted by molar-refractivity contribution is 7.89. The molecular formula is C19H32ClN3O3S. The molecule has 0 bridgehead atoms. The van der Waals surface area contributed by atoms with Crippen LogP contribution < -0.4 is 5.73 Å². The maximum absolute atomic E-state index is 12.8. The van der Waals surface area contributed by atoms with Gasteiger partial charge < -0.3 is 10.6 Å². The average Bonchev–Trinajstić information content (AvgIpc) is 2.65. The van der Waals surface area contributed by atoms with Crippen molar-refractivity contribution in [2.24, 2.45) is 5.73 Å². The molecule has 1 fully saturated rings. The zero-order valence-electron chi connectivity index (χ0n) is 16.4. The van der Waals surface area contributed by atoms with E-state index in [1.165, 1.54) is 4.31 Å². The van der Waals surface area contributed by atoms with Gasteiger partial charge in [0.2, 0.25) is 15.9 Å². The molecule has 2 unspecified atom stereocenters. The van der Waals surface area contributed by atoms with Crippen LogP contribution in [-0.2, 0) is 14.8 Å². The molecule has 154 valence electrons. The number of piperazine rings is 1. The van der Waals surface area contributed by atoms with Gasteiger partial charge in [-0.25, -0.2) is 8.42 Å². The highest BCUT2D eigenvalue weighted by atomic mass is 35.5. The quantitative estimate of drug-likeness (QED) is 0.738. The molecule has 27 heavy (non-hydrogen) atoms. The Morgan fingerprint density at radius 2 is 1.67 bits per heavy atom. The van der Waals surface area contributed by atoms with Crippen LogP contribution in [0, 0.1) is 0 Å². The van der Waals surface area contributed by atoms with Crippen LogP contribution in [0.4, 0.5) is 0 Å². The molecule has 0 radical (unpaired) electrons. The summed E-state index contributed by atoms with van der Waals surface area (Å²) in [4.78, 5) is 14.2. The molecule has 1 aliphatic rings. The minimum Gasteiger partial charge on any atom is -0.340 e. The Morgan fingerprint density at radius 1 is 1.11 bits per heavy atom. The number of hydrogen-bond acceptors (Lipinski definition) is 4. The van der Waals surface area contributed by atoms with E-state index in [1.807, 2.05) is 19.1 Å². The molecule has 8 heteroatoms. The van der Waals surface area contributed by atoms with Crippen molar-refractivity contribution in [1.29, 1.82) is 0 Å². The predicted molar refractivity (Wildman–Crippen MR) is 111 cm³/mol. The van der Waals surface area contributed by atoms with Gasteiger partial charge in [0.25, 0.3) is 0 Å².